The third kappa shape index (κ3) is 8.24. The van der Waals surface area contributed by atoms with E-state index in [2.05, 4.69) is 12.2 Å². The molecular formula is C11H24N2O2. The fourth-order valence-electron chi connectivity index (χ4n) is 1.19. The molecule has 0 saturated carbocycles. The SMILES string of the molecule is CCCCCNC(=O)N(C)CCC(C)O. The number of nitrogens with zero attached hydrogens (tertiary/aromatic N) is 1. The van der Waals surface area contributed by atoms with Crippen molar-refractivity contribution in [2.45, 2.75) is 45.6 Å². The van der Waals surface area contributed by atoms with Crippen LogP contribution in [-0.2, 0) is 0 Å². The maximum atomic E-state index is 11.5. The summed E-state index contributed by atoms with van der Waals surface area (Å²) >= 11 is 0. The molecule has 90 valence electrons. The second-order valence-corrected chi connectivity index (χ2v) is 4.00. The lowest BCUT2D eigenvalue weighted by Crippen LogP contribution is -2.38. The normalized spacial score (nSPS) is 12.3. The van der Waals surface area contributed by atoms with Gasteiger partial charge in [0, 0.05) is 20.1 Å². The first-order valence-corrected chi connectivity index (χ1v) is 5.75. The van der Waals surface area contributed by atoms with Crippen molar-refractivity contribution >= 4 is 6.03 Å². The van der Waals surface area contributed by atoms with Crippen LogP contribution < -0.4 is 5.32 Å². The summed E-state index contributed by atoms with van der Waals surface area (Å²) in [5, 5.41) is 11.9. The smallest absolute Gasteiger partial charge is 0.317 e. The molecule has 1 unspecified atom stereocenters. The minimum atomic E-state index is -0.347. The van der Waals surface area contributed by atoms with Crippen LogP contribution in [-0.4, -0.2) is 42.3 Å². The Bertz CT molecular complexity index is 172. The van der Waals surface area contributed by atoms with Gasteiger partial charge < -0.3 is 15.3 Å². The Hall–Kier alpha value is -0.770. The molecule has 0 aliphatic carbocycles. The number of rotatable bonds is 7. The molecule has 15 heavy (non-hydrogen) atoms. The van der Waals surface area contributed by atoms with Crippen LogP contribution in [0.2, 0.25) is 0 Å². The summed E-state index contributed by atoms with van der Waals surface area (Å²) in [6.45, 7) is 5.20. The Morgan fingerprint density at radius 2 is 2.13 bits per heavy atom. The average Bonchev–Trinajstić information content (AvgIpc) is 2.20. The third-order valence-electron chi connectivity index (χ3n) is 2.29. The topological polar surface area (TPSA) is 52.6 Å². The number of carbonyl (C=O) groups excluding carboxylic acids is 1. The molecule has 2 amide bonds. The van der Waals surface area contributed by atoms with Crippen LogP contribution in [0.5, 0.6) is 0 Å². The van der Waals surface area contributed by atoms with E-state index in [9.17, 15) is 4.79 Å². The second-order valence-electron chi connectivity index (χ2n) is 4.00. The van der Waals surface area contributed by atoms with Gasteiger partial charge >= 0.3 is 6.03 Å². The molecule has 0 fully saturated rings. The van der Waals surface area contributed by atoms with Gasteiger partial charge in [0.15, 0.2) is 0 Å². The molecule has 0 aliphatic rings. The number of amides is 2. The van der Waals surface area contributed by atoms with Gasteiger partial charge in [-0.1, -0.05) is 19.8 Å². The van der Waals surface area contributed by atoms with Crippen LogP contribution in [0.3, 0.4) is 0 Å². The van der Waals surface area contributed by atoms with Crippen molar-refractivity contribution in [2.24, 2.45) is 0 Å². The quantitative estimate of drug-likeness (QED) is 0.635. The number of nitrogens with one attached hydrogen (secondary N) is 1. The maximum Gasteiger partial charge on any atom is 0.317 e. The molecule has 0 radical (unpaired) electrons. The van der Waals surface area contributed by atoms with Gasteiger partial charge in [-0.25, -0.2) is 4.79 Å². The number of carbonyl (C=O) groups is 1. The predicted molar refractivity (Wildman–Crippen MR) is 61.9 cm³/mol. The van der Waals surface area contributed by atoms with Gasteiger partial charge in [-0.05, 0) is 19.8 Å². The van der Waals surface area contributed by atoms with Gasteiger partial charge in [0.1, 0.15) is 0 Å². The van der Waals surface area contributed by atoms with E-state index in [1.807, 2.05) is 0 Å². The van der Waals surface area contributed by atoms with E-state index in [0.717, 1.165) is 25.8 Å². The number of hydrogen-bond donors (Lipinski definition) is 2. The highest BCUT2D eigenvalue weighted by atomic mass is 16.3. The summed E-state index contributed by atoms with van der Waals surface area (Å²) in [7, 11) is 1.75. The van der Waals surface area contributed by atoms with E-state index in [1.54, 1.807) is 18.9 Å². The first-order chi connectivity index (χ1) is 7.07. The van der Waals surface area contributed by atoms with Crippen molar-refractivity contribution in [2.75, 3.05) is 20.1 Å². The fourth-order valence-corrected chi connectivity index (χ4v) is 1.19. The lowest BCUT2D eigenvalue weighted by molar-refractivity contribution is 0.163. The van der Waals surface area contributed by atoms with E-state index >= 15 is 0 Å². The number of unbranched alkanes of at least 4 members (excludes halogenated alkanes) is 2. The molecule has 0 aliphatic heterocycles. The van der Waals surface area contributed by atoms with Crippen LogP contribution >= 0.6 is 0 Å². The van der Waals surface area contributed by atoms with Crippen molar-refractivity contribution in [3.05, 3.63) is 0 Å². The van der Waals surface area contributed by atoms with E-state index in [0.29, 0.717) is 13.0 Å². The van der Waals surface area contributed by atoms with Crippen LogP contribution in [0.25, 0.3) is 0 Å². The molecule has 0 spiro atoms. The molecule has 0 saturated heterocycles. The molecule has 0 aromatic rings. The first kappa shape index (κ1) is 14.2. The molecule has 4 nitrogen and oxygen atoms in total. The molecule has 2 N–H and O–H groups in total. The highest BCUT2D eigenvalue weighted by molar-refractivity contribution is 5.73. The largest absolute Gasteiger partial charge is 0.393 e. The standard InChI is InChI=1S/C11H24N2O2/c1-4-5-6-8-12-11(15)13(3)9-7-10(2)14/h10,14H,4-9H2,1-3H3,(H,12,15). The molecule has 0 heterocycles. The van der Waals surface area contributed by atoms with Crippen LogP contribution in [0.1, 0.15) is 39.5 Å². The molecular weight excluding hydrogens is 192 g/mol. The molecule has 4 heteroatoms. The molecule has 0 aromatic heterocycles. The van der Waals surface area contributed by atoms with Crippen LogP contribution in [0.4, 0.5) is 4.79 Å². The van der Waals surface area contributed by atoms with E-state index in [1.165, 1.54) is 0 Å². The van der Waals surface area contributed by atoms with Gasteiger partial charge in [0.25, 0.3) is 0 Å². The lowest BCUT2D eigenvalue weighted by Gasteiger charge is -2.18. The molecule has 0 rings (SSSR count). The van der Waals surface area contributed by atoms with E-state index < -0.39 is 0 Å². The zero-order valence-electron chi connectivity index (χ0n) is 10.1. The minimum Gasteiger partial charge on any atom is -0.393 e. The summed E-state index contributed by atoms with van der Waals surface area (Å²) in [6, 6.07) is -0.0493. The summed E-state index contributed by atoms with van der Waals surface area (Å²) in [5.74, 6) is 0. The predicted octanol–water partition coefficient (Wildman–Crippen LogP) is 1.59. The van der Waals surface area contributed by atoms with Gasteiger partial charge in [-0.2, -0.15) is 0 Å². The first-order valence-electron chi connectivity index (χ1n) is 5.75. The van der Waals surface area contributed by atoms with Crippen molar-refractivity contribution in [3.63, 3.8) is 0 Å². The Morgan fingerprint density at radius 1 is 1.47 bits per heavy atom. The Labute approximate surface area is 92.7 Å². The summed E-state index contributed by atoms with van der Waals surface area (Å²) in [4.78, 5) is 13.1. The number of urea groups is 1. The van der Waals surface area contributed by atoms with E-state index in [4.69, 9.17) is 5.11 Å². The molecule has 0 aromatic carbocycles. The van der Waals surface area contributed by atoms with E-state index in [-0.39, 0.29) is 12.1 Å². The minimum absolute atomic E-state index is 0.0493. The van der Waals surface area contributed by atoms with Gasteiger partial charge in [-0.15, -0.1) is 0 Å². The molecule has 0 bridgehead atoms. The highest BCUT2D eigenvalue weighted by Gasteiger charge is 2.07. The Morgan fingerprint density at radius 3 is 2.67 bits per heavy atom. The second kappa shape index (κ2) is 8.53. The lowest BCUT2D eigenvalue weighted by atomic mass is 10.2. The number of aliphatic hydroxyl groups is 1. The zero-order chi connectivity index (χ0) is 11.7. The van der Waals surface area contributed by atoms with Crippen molar-refractivity contribution in [1.82, 2.24) is 10.2 Å². The Balaban J connectivity index is 3.51. The van der Waals surface area contributed by atoms with Crippen molar-refractivity contribution in [3.8, 4) is 0 Å². The van der Waals surface area contributed by atoms with Gasteiger partial charge in [0.2, 0.25) is 0 Å². The summed E-state index contributed by atoms with van der Waals surface area (Å²) < 4.78 is 0. The van der Waals surface area contributed by atoms with Gasteiger partial charge in [0.05, 0.1) is 6.10 Å². The highest BCUT2D eigenvalue weighted by Crippen LogP contribution is 1.95. The average molecular weight is 216 g/mol. The maximum absolute atomic E-state index is 11.5. The number of hydrogen-bond acceptors (Lipinski definition) is 2. The third-order valence-corrected chi connectivity index (χ3v) is 2.29. The fraction of sp³-hybridized carbons (Fsp3) is 0.909. The van der Waals surface area contributed by atoms with Gasteiger partial charge in [-0.3, -0.25) is 0 Å². The van der Waals surface area contributed by atoms with Crippen LogP contribution in [0, 0.1) is 0 Å². The van der Waals surface area contributed by atoms with Crippen molar-refractivity contribution < 1.29 is 9.90 Å². The summed E-state index contributed by atoms with van der Waals surface area (Å²) in [5.41, 5.74) is 0. The zero-order valence-corrected chi connectivity index (χ0v) is 10.1. The molecule has 1 atom stereocenters. The Kier molecular flexibility index (Phi) is 8.09. The number of aliphatic hydroxyl groups excluding tert-OH is 1. The monoisotopic (exact) mass is 216 g/mol. The van der Waals surface area contributed by atoms with Crippen LogP contribution in [0.15, 0.2) is 0 Å². The summed E-state index contributed by atoms with van der Waals surface area (Å²) in [6.07, 6.45) is 3.62. The van der Waals surface area contributed by atoms with Crippen molar-refractivity contribution in [1.29, 1.82) is 0 Å².